The van der Waals surface area contributed by atoms with E-state index < -0.39 is 11.2 Å². The SMILES string of the molecule is Cc1csc(/C(C#N)=C/Nn2c(=O)[nH]c3ccccc3c2=O)n1. The molecule has 0 unspecified atom stereocenters. The molecule has 0 saturated carbocycles. The van der Waals surface area contributed by atoms with E-state index in [9.17, 15) is 14.9 Å². The monoisotopic (exact) mass is 325 g/mol. The van der Waals surface area contributed by atoms with E-state index in [-0.39, 0.29) is 5.57 Å². The molecule has 0 bridgehead atoms. The second-order valence-corrected chi connectivity index (χ2v) is 5.57. The Bertz CT molecular complexity index is 1070. The topological polar surface area (TPSA) is 104 Å². The molecule has 0 saturated heterocycles. The van der Waals surface area contributed by atoms with Crippen molar-refractivity contribution >= 4 is 27.8 Å². The van der Waals surface area contributed by atoms with E-state index in [1.54, 1.807) is 24.3 Å². The summed E-state index contributed by atoms with van der Waals surface area (Å²) in [6, 6.07) is 8.70. The highest BCUT2D eigenvalue weighted by Gasteiger charge is 2.08. The number of thiazole rings is 1. The molecule has 0 fully saturated rings. The first-order valence-corrected chi connectivity index (χ1v) is 7.51. The molecule has 0 aliphatic carbocycles. The summed E-state index contributed by atoms with van der Waals surface area (Å²) in [5.41, 5.74) is 2.96. The van der Waals surface area contributed by atoms with Gasteiger partial charge in [-0.2, -0.15) is 9.94 Å². The van der Waals surface area contributed by atoms with E-state index in [2.05, 4.69) is 15.4 Å². The molecule has 0 aliphatic rings. The van der Waals surface area contributed by atoms with Crippen LogP contribution in [0.2, 0.25) is 0 Å². The Kier molecular flexibility index (Phi) is 3.78. The minimum atomic E-state index is -0.613. The molecular weight excluding hydrogens is 314 g/mol. The maximum Gasteiger partial charge on any atom is 0.348 e. The Morgan fingerprint density at radius 2 is 2.22 bits per heavy atom. The van der Waals surface area contributed by atoms with Gasteiger partial charge >= 0.3 is 5.69 Å². The fraction of sp³-hybridized carbons (Fsp3) is 0.0667. The first-order valence-electron chi connectivity index (χ1n) is 6.63. The molecule has 2 aromatic heterocycles. The molecule has 3 rings (SSSR count). The van der Waals surface area contributed by atoms with Crippen LogP contribution in [0.1, 0.15) is 10.7 Å². The van der Waals surface area contributed by atoms with Gasteiger partial charge in [-0.25, -0.2) is 9.78 Å². The highest BCUT2D eigenvalue weighted by Crippen LogP contribution is 2.17. The zero-order chi connectivity index (χ0) is 16.4. The lowest BCUT2D eigenvalue weighted by atomic mass is 10.2. The van der Waals surface area contributed by atoms with Crippen LogP contribution < -0.4 is 16.7 Å². The van der Waals surface area contributed by atoms with Crippen molar-refractivity contribution in [2.45, 2.75) is 6.92 Å². The minimum absolute atomic E-state index is 0.238. The standard InChI is InChI=1S/C15H11N5O2S/c1-9-8-23-13(18-9)10(6-16)7-17-20-14(21)11-4-2-3-5-12(11)19-15(20)22/h2-5,7-8,17H,1H3,(H,19,22)/b10-7+. The van der Waals surface area contributed by atoms with Gasteiger partial charge in [-0.1, -0.05) is 12.1 Å². The number of benzene rings is 1. The summed E-state index contributed by atoms with van der Waals surface area (Å²) in [5.74, 6) is 0. The minimum Gasteiger partial charge on any atom is -0.305 e. The number of aromatic nitrogens is 3. The van der Waals surface area contributed by atoms with Gasteiger partial charge in [0.1, 0.15) is 16.6 Å². The first-order chi connectivity index (χ1) is 11.1. The van der Waals surface area contributed by atoms with Crippen molar-refractivity contribution in [3.8, 4) is 6.07 Å². The third-order valence-corrected chi connectivity index (χ3v) is 4.11. The number of nitrogens with one attached hydrogen (secondary N) is 2. The van der Waals surface area contributed by atoms with Crippen LogP contribution in [0.3, 0.4) is 0 Å². The van der Waals surface area contributed by atoms with Crippen molar-refractivity contribution in [1.29, 1.82) is 5.26 Å². The van der Waals surface area contributed by atoms with E-state index in [4.69, 9.17) is 0 Å². The van der Waals surface area contributed by atoms with Crippen LogP contribution in [0.4, 0.5) is 0 Å². The van der Waals surface area contributed by atoms with Crippen LogP contribution in [0.15, 0.2) is 45.4 Å². The van der Waals surface area contributed by atoms with Crippen molar-refractivity contribution in [3.63, 3.8) is 0 Å². The van der Waals surface area contributed by atoms with Crippen LogP contribution >= 0.6 is 11.3 Å². The van der Waals surface area contributed by atoms with Gasteiger partial charge in [-0.3, -0.25) is 10.2 Å². The molecule has 2 N–H and O–H groups in total. The summed E-state index contributed by atoms with van der Waals surface area (Å²) in [7, 11) is 0. The Labute approximate surface area is 134 Å². The number of aromatic amines is 1. The summed E-state index contributed by atoms with van der Waals surface area (Å²) >= 11 is 1.31. The van der Waals surface area contributed by atoms with E-state index >= 15 is 0 Å². The molecule has 0 amide bonds. The lowest BCUT2D eigenvalue weighted by Gasteiger charge is -2.05. The predicted molar refractivity (Wildman–Crippen MR) is 88.6 cm³/mol. The number of fused-ring (bicyclic) bond motifs is 1. The zero-order valence-electron chi connectivity index (χ0n) is 12.0. The lowest BCUT2D eigenvalue weighted by Crippen LogP contribution is -2.39. The van der Waals surface area contributed by atoms with E-state index in [0.717, 1.165) is 10.4 Å². The van der Waals surface area contributed by atoms with Crippen molar-refractivity contribution in [3.05, 3.63) is 67.4 Å². The Balaban J connectivity index is 2.05. The van der Waals surface area contributed by atoms with Crippen LogP contribution in [-0.2, 0) is 0 Å². The number of nitrogens with zero attached hydrogens (tertiary/aromatic N) is 3. The number of allylic oxidation sites excluding steroid dienone is 1. The van der Waals surface area contributed by atoms with Crippen LogP contribution in [0, 0.1) is 18.3 Å². The molecule has 0 spiro atoms. The number of nitriles is 1. The van der Waals surface area contributed by atoms with Crippen LogP contribution in [0.5, 0.6) is 0 Å². The fourth-order valence-electron chi connectivity index (χ4n) is 2.03. The molecular formula is C15H11N5O2S. The number of rotatable bonds is 3. The number of hydrogen-bond acceptors (Lipinski definition) is 6. The van der Waals surface area contributed by atoms with Gasteiger partial charge in [0.15, 0.2) is 0 Å². The van der Waals surface area contributed by atoms with Gasteiger partial charge in [0.05, 0.1) is 10.9 Å². The Hall–Kier alpha value is -3.18. The summed E-state index contributed by atoms with van der Waals surface area (Å²) < 4.78 is 0.820. The molecule has 8 heteroatoms. The van der Waals surface area contributed by atoms with E-state index in [1.807, 2.05) is 18.4 Å². The number of aryl methyl sites for hydroxylation is 1. The highest BCUT2D eigenvalue weighted by atomic mass is 32.1. The maximum atomic E-state index is 12.3. The van der Waals surface area contributed by atoms with Gasteiger partial charge in [0.2, 0.25) is 0 Å². The molecule has 3 aromatic rings. The first kappa shape index (κ1) is 14.7. The van der Waals surface area contributed by atoms with Gasteiger partial charge in [-0.05, 0) is 19.1 Å². The molecule has 7 nitrogen and oxygen atoms in total. The largest absolute Gasteiger partial charge is 0.348 e. The van der Waals surface area contributed by atoms with E-state index in [1.165, 1.54) is 17.5 Å². The zero-order valence-corrected chi connectivity index (χ0v) is 12.8. The molecule has 0 atom stereocenters. The molecule has 0 aliphatic heterocycles. The summed E-state index contributed by atoms with van der Waals surface area (Å²) in [4.78, 5) is 31.2. The van der Waals surface area contributed by atoms with Crippen molar-refractivity contribution in [2.75, 3.05) is 5.43 Å². The quantitative estimate of drug-likeness (QED) is 0.711. The number of H-pyrrole nitrogens is 1. The molecule has 0 radical (unpaired) electrons. The molecule has 1 aromatic carbocycles. The summed E-state index contributed by atoms with van der Waals surface area (Å²) in [6.07, 6.45) is 1.30. The second kappa shape index (κ2) is 5.90. The van der Waals surface area contributed by atoms with Crippen molar-refractivity contribution in [1.82, 2.24) is 14.6 Å². The molecule has 114 valence electrons. The third kappa shape index (κ3) is 2.77. The average Bonchev–Trinajstić information content (AvgIpc) is 2.97. The van der Waals surface area contributed by atoms with Gasteiger partial charge in [-0.15, -0.1) is 11.3 Å². The third-order valence-electron chi connectivity index (χ3n) is 3.11. The maximum absolute atomic E-state index is 12.3. The Morgan fingerprint density at radius 1 is 1.43 bits per heavy atom. The van der Waals surface area contributed by atoms with Crippen molar-refractivity contribution in [2.24, 2.45) is 0 Å². The van der Waals surface area contributed by atoms with Crippen molar-refractivity contribution < 1.29 is 0 Å². The molecule has 23 heavy (non-hydrogen) atoms. The van der Waals surface area contributed by atoms with Crippen LogP contribution in [0.25, 0.3) is 16.5 Å². The summed E-state index contributed by atoms with van der Waals surface area (Å²) in [6.45, 7) is 1.82. The number of para-hydroxylation sites is 1. The lowest BCUT2D eigenvalue weighted by molar-refractivity contribution is 0.825. The van der Waals surface area contributed by atoms with Crippen LogP contribution in [-0.4, -0.2) is 14.6 Å². The second-order valence-electron chi connectivity index (χ2n) is 4.71. The fourth-order valence-corrected chi connectivity index (χ4v) is 2.79. The van der Waals surface area contributed by atoms with Gasteiger partial charge < -0.3 is 4.98 Å². The van der Waals surface area contributed by atoms with E-state index in [0.29, 0.717) is 15.9 Å². The number of hydrogen-bond donors (Lipinski definition) is 2. The smallest absolute Gasteiger partial charge is 0.305 e. The normalized spacial score (nSPS) is 11.4. The summed E-state index contributed by atoms with van der Waals surface area (Å²) in [5, 5.41) is 11.9. The Morgan fingerprint density at radius 3 is 2.91 bits per heavy atom. The predicted octanol–water partition coefficient (Wildman–Crippen LogP) is 1.56. The molecule has 2 heterocycles. The highest BCUT2D eigenvalue weighted by molar-refractivity contribution is 7.10. The van der Waals surface area contributed by atoms with Gasteiger partial charge in [0, 0.05) is 17.3 Å². The average molecular weight is 325 g/mol. The van der Waals surface area contributed by atoms with Gasteiger partial charge in [0.25, 0.3) is 5.56 Å².